The van der Waals surface area contributed by atoms with Crippen molar-refractivity contribution in [1.82, 2.24) is 4.31 Å². The molecule has 0 atom stereocenters. The van der Waals surface area contributed by atoms with Gasteiger partial charge in [0.15, 0.2) is 5.75 Å². The van der Waals surface area contributed by atoms with E-state index in [9.17, 15) is 23.3 Å². The van der Waals surface area contributed by atoms with Crippen molar-refractivity contribution in [3.63, 3.8) is 0 Å². The largest absolute Gasteiger partial charge is 0.490 e. The van der Waals surface area contributed by atoms with Crippen molar-refractivity contribution >= 4 is 21.7 Å². The number of methoxy groups -OCH3 is 1. The fraction of sp³-hybridized carbons (Fsp3) is 0.417. The molecule has 0 fully saturated rings. The van der Waals surface area contributed by atoms with Gasteiger partial charge >= 0.3 is 11.7 Å². The Labute approximate surface area is 127 Å². The van der Waals surface area contributed by atoms with Gasteiger partial charge in [-0.1, -0.05) is 6.92 Å². The van der Waals surface area contributed by atoms with E-state index in [1.54, 1.807) is 6.92 Å². The van der Waals surface area contributed by atoms with Crippen LogP contribution in [-0.2, 0) is 14.8 Å². The number of sulfonamides is 1. The van der Waals surface area contributed by atoms with Crippen molar-refractivity contribution in [2.24, 2.45) is 0 Å². The van der Waals surface area contributed by atoms with E-state index in [1.807, 2.05) is 0 Å². The van der Waals surface area contributed by atoms with Crippen molar-refractivity contribution in [1.29, 1.82) is 0 Å². The highest BCUT2D eigenvalue weighted by Crippen LogP contribution is 2.30. The second-order valence-electron chi connectivity index (χ2n) is 4.32. The number of hydrogen-bond donors (Lipinski definition) is 1. The van der Waals surface area contributed by atoms with E-state index < -0.39 is 27.5 Å². The predicted molar refractivity (Wildman–Crippen MR) is 76.3 cm³/mol. The Balaban J connectivity index is 3.31. The minimum atomic E-state index is -4.08. The smallest absolute Gasteiger partial charge is 0.318 e. The minimum Gasteiger partial charge on any atom is -0.490 e. The van der Waals surface area contributed by atoms with Crippen LogP contribution in [0.1, 0.15) is 13.3 Å². The number of carboxylic acid groups (broad SMARTS) is 1. The van der Waals surface area contributed by atoms with Crippen LogP contribution in [0.2, 0.25) is 0 Å². The molecule has 0 bridgehead atoms. The lowest BCUT2D eigenvalue weighted by molar-refractivity contribution is -0.385. The van der Waals surface area contributed by atoms with Crippen LogP contribution in [0.4, 0.5) is 5.69 Å². The van der Waals surface area contributed by atoms with Gasteiger partial charge in [-0.15, -0.1) is 0 Å². The van der Waals surface area contributed by atoms with E-state index in [0.717, 1.165) is 22.5 Å². The summed E-state index contributed by atoms with van der Waals surface area (Å²) in [7, 11) is -2.90. The highest BCUT2D eigenvalue weighted by Gasteiger charge is 2.28. The zero-order valence-electron chi connectivity index (χ0n) is 12.1. The average Bonchev–Trinajstić information content (AvgIpc) is 2.45. The number of nitro benzene ring substituents is 1. The maximum Gasteiger partial charge on any atom is 0.318 e. The molecule has 1 rings (SSSR count). The van der Waals surface area contributed by atoms with E-state index in [2.05, 4.69) is 0 Å². The highest BCUT2D eigenvalue weighted by molar-refractivity contribution is 7.89. The molecule has 0 saturated carbocycles. The molecular weight excluding hydrogens is 316 g/mol. The Morgan fingerprint density at radius 3 is 2.55 bits per heavy atom. The summed E-state index contributed by atoms with van der Waals surface area (Å²) in [5.41, 5.74) is -0.373. The van der Waals surface area contributed by atoms with Crippen molar-refractivity contribution in [3.8, 4) is 5.75 Å². The van der Waals surface area contributed by atoms with Crippen molar-refractivity contribution in [3.05, 3.63) is 28.3 Å². The van der Waals surface area contributed by atoms with Gasteiger partial charge in [0.1, 0.15) is 6.54 Å². The van der Waals surface area contributed by atoms with Crippen molar-refractivity contribution in [2.75, 3.05) is 20.2 Å². The third-order valence-electron chi connectivity index (χ3n) is 2.77. The van der Waals surface area contributed by atoms with E-state index in [-0.39, 0.29) is 22.9 Å². The van der Waals surface area contributed by atoms with Gasteiger partial charge in [0.2, 0.25) is 10.0 Å². The molecule has 0 unspecified atom stereocenters. The lowest BCUT2D eigenvalue weighted by Crippen LogP contribution is -2.36. The summed E-state index contributed by atoms with van der Waals surface area (Å²) in [5.74, 6) is -1.50. The van der Waals surface area contributed by atoms with Crippen molar-refractivity contribution < 1.29 is 28.0 Å². The molecule has 1 aromatic carbocycles. The summed E-state index contributed by atoms with van der Waals surface area (Å²) in [5, 5.41) is 19.6. The standard InChI is InChI=1S/C12H16N2O7S/c1-3-6-13(8-12(15)16)22(19,20)9-4-5-10(14(17)18)11(7-9)21-2/h4-5,7H,3,6,8H2,1-2H3,(H,15,16). The number of hydrogen-bond acceptors (Lipinski definition) is 6. The third-order valence-corrected chi connectivity index (χ3v) is 4.61. The van der Waals surface area contributed by atoms with Crippen LogP contribution in [0.15, 0.2) is 23.1 Å². The zero-order valence-corrected chi connectivity index (χ0v) is 12.9. The molecule has 0 amide bonds. The Hall–Kier alpha value is -2.20. The summed E-state index contributed by atoms with van der Waals surface area (Å²) < 4.78 is 30.5. The molecule has 0 spiro atoms. The van der Waals surface area contributed by atoms with E-state index >= 15 is 0 Å². The zero-order chi connectivity index (χ0) is 16.9. The average molecular weight is 332 g/mol. The summed E-state index contributed by atoms with van der Waals surface area (Å²) >= 11 is 0. The van der Waals surface area contributed by atoms with E-state index in [4.69, 9.17) is 9.84 Å². The molecule has 0 saturated heterocycles. The number of nitro groups is 1. The second-order valence-corrected chi connectivity index (χ2v) is 6.26. The molecular formula is C12H16N2O7S. The maximum atomic E-state index is 12.4. The lowest BCUT2D eigenvalue weighted by Gasteiger charge is -2.19. The van der Waals surface area contributed by atoms with Crippen molar-refractivity contribution in [2.45, 2.75) is 18.2 Å². The Bertz CT molecular complexity index is 672. The van der Waals surface area contributed by atoms with Crippen LogP contribution in [0.3, 0.4) is 0 Å². The third kappa shape index (κ3) is 3.92. The van der Waals surface area contributed by atoms with Gasteiger partial charge < -0.3 is 9.84 Å². The minimum absolute atomic E-state index is 0.0218. The van der Waals surface area contributed by atoms with Gasteiger partial charge in [0, 0.05) is 18.7 Å². The molecule has 1 N–H and O–H groups in total. The summed E-state index contributed by atoms with van der Waals surface area (Å²) in [6, 6.07) is 3.08. The van der Waals surface area contributed by atoms with Crippen LogP contribution in [0, 0.1) is 10.1 Å². The molecule has 0 aromatic heterocycles. The summed E-state index contributed by atoms with van der Waals surface area (Å²) in [6.07, 6.45) is 0.427. The first-order valence-corrected chi connectivity index (χ1v) is 7.72. The molecule has 9 nitrogen and oxygen atoms in total. The van der Waals surface area contributed by atoms with Crippen LogP contribution >= 0.6 is 0 Å². The number of carboxylic acids is 1. The number of carbonyl (C=O) groups is 1. The molecule has 0 aliphatic rings. The molecule has 1 aromatic rings. The van der Waals surface area contributed by atoms with Crippen LogP contribution in [0.5, 0.6) is 5.75 Å². The summed E-state index contributed by atoms with van der Waals surface area (Å²) in [4.78, 5) is 20.7. The second kappa shape index (κ2) is 7.18. The fourth-order valence-electron chi connectivity index (χ4n) is 1.80. The maximum absolute atomic E-state index is 12.4. The molecule has 10 heteroatoms. The number of aliphatic carboxylic acids is 1. The van der Waals surface area contributed by atoms with Crippen LogP contribution in [-0.4, -0.2) is 48.9 Å². The molecule has 122 valence electrons. The monoisotopic (exact) mass is 332 g/mol. The predicted octanol–water partition coefficient (Wildman–Crippen LogP) is 1.09. The van der Waals surface area contributed by atoms with Crippen LogP contribution < -0.4 is 4.74 Å². The number of benzene rings is 1. The lowest BCUT2D eigenvalue weighted by atomic mass is 10.3. The van der Waals surface area contributed by atoms with Gasteiger partial charge in [-0.2, -0.15) is 4.31 Å². The van der Waals surface area contributed by atoms with Gasteiger partial charge in [-0.3, -0.25) is 14.9 Å². The highest BCUT2D eigenvalue weighted by atomic mass is 32.2. The topological polar surface area (TPSA) is 127 Å². The normalized spacial score (nSPS) is 11.4. The SMILES string of the molecule is CCCN(CC(=O)O)S(=O)(=O)c1ccc([N+](=O)[O-])c(OC)c1. The van der Waals surface area contributed by atoms with E-state index in [0.29, 0.717) is 6.42 Å². The molecule has 0 heterocycles. The molecule has 0 aliphatic heterocycles. The number of nitrogens with zero attached hydrogens (tertiary/aromatic N) is 2. The first kappa shape index (κ1) is 17.9. The Morgan fingerprint density at radius 1 is 1.45 bits per heavy atom. The number of rotatable bonds is 8. The van der Waals surface area contributed by atoms with Gasteiger partial charge in [0.25, 0.3) is 0 Å². The first-order valence-electron chi connectivity index (χ1n) is 6.28. The Kier molecular flexibility index (Phi) is 5.83. The van der Waals surface area contributed by atoms with E-state index in [1.165, 1.54) is 7.11 Å². The Morgan fingerprint density at radius 2 is 2.09 bits per heavy atom. The quantitative estimate of drug-likeness (QED) is 0.557. The first-order chi connectivity index (χ1) is 10.2. The number of ether oxygens (including phenoxy) is 1. The molecule has 22 heavy (non-hydrogen) atoms. The van der Waals surface area contributed by atoms with Crippen LogP contribution in [0.25, 0.3) is 0 Å². The van der Waals surface area contributed by atoms with Gasteiger partial charge in [-0.25, -0.2) is 8.42 Å². The van der Waals surface area contributed by atoms with Gasteiger partial charge in [0.05, 0.1) is 16.9 Å². The van der Waals surface area contributed by atoms with Gasteiger partial charge in [-0.05, 0) is 12.5 Å². The summed E-state index contributed by atoms with van der Waals surface area (Å²) in [6.45, 7) is 1.05. The molecule has 0 radical (unpaired) electrons. The fourth-order valence-corrected chi connectivity index (χ4v) is 3.30. The molecule has 0 aliphatic carbocycles.